The van der Waals surface area contributed by atoms with E-state index in [0.717, 1.165) is 18.5 Å². The van der Waals surface area contributed by atoms with Crippen LogP contribution in [-0.2, 0) is 6.42 Å². The molecular weight excluding hydrogens is 350 g/mol. The van der Waals surface area contributed by atoms with Gasteiger partial charge in [-0.3, -0.25) is 0 Å². The monoisotopic (exact) mass is 389 g/mol. The van der Waals surface area contributed by atoms with E-state index in [4.69, 9.17) is 6.42 Å². The number of terminal acetylenes is 1. The Kier molecular flexibility index (Phi) is 10.0. The second kappa shape index (κ2) is 12.5. The van der Waals surface area contributed by atoms with Gasteiger partial charge in [0.15, 0.2) is 0 Å². The Balaban J connectivity index is 2.02. The summed E-state index contributed by atoms with van der Waals surface area (Å²) in [4.78, 5) is 0. The zero-order valence-corrected chi connectivity index (χ0v) is 18.9. The third kappa shape index (κ3) is 7.37. The van der Waals surface area contributed by atoms with Crippen molar-refractivity contribution in [1.29, 1.82) is 0 Å². The van der Waals surface area contributed by atoms with E-state index >= 15 is 0 Å². The van der Waals surface area contributed by atoms with Gasteiger partial charge in [0.05, 0.1) is 0 Å². The number of benzene rings is 2. The molecule has 2 aromatic carbocycles. The lowest BCUT2D eigenvalue weighted by Gasteiger charge is -2.20. The molecule has 2 aromatic rings. The second-order valence-electron chi connectivity index (χ2n) is 8.36. The highest BCUT2D eigenvalue weighted by Gasteiger charge is 2.13. The molecule has 0 aliphatic rings. The van der Waals surface area contributed by atoms with Crippen molar-refractivity contribution in [1.82, 2.24) is 5.32 Å². The molecule has 1 heteroatoms. The van der Waals surface area contributed by atoms with Crippen LogP contribution >= 0.6 is 0 Å². The molecule has 0 aliphatic carbocycles. The zero-order chi connectivity index (χ0) is 21.1. The Bertz CT molecular complexity index is 766. The SMILES string of the molecule is C#Cc1ccc(C(CCC)CCc2ccc(C)c(C(C)NCCCCC)c2)cc1. The molecule has 0 bridgehead atoms. The summed E-state index contributed by atoms with van der Waals surface area (Å²) in [5.41, 5.74) is 6.68. The fraction of sp³-hybridized carbons (Fsp3) is 0.500. The lowest BCUT2D eigenvalue weighted by molar-refractivity contribution is 0.540. The summed E-state index contributed by atoms with van der Waals surface area (Å²) in [6, 6.07) is 16.0. The summed E-state index contributed by atoms with van der Waals surface area (Å²) in [7, 11) is 0. The Labute approximate surface area is 179 Å². The van der Waals surface area contributed by atoms with E-state index in [1.807, 2.05) is 0 Å². The van der Waals surface area contributed by atoms with Crippen LogP contribution in [0.1, 0.15) is 99.1 Å². The molecule has 0 aliphatic heterocycles. The van der Waals surface area contributed by atoms with Gasteiger partial charge in [0.2, 0.25) is 0 Å². The minimum absolute atomic E-state index is 0.412. The normalized spacial score (nSPS) is 13.1. The van der Waals surface area contributed by atoms with E-state index in [0.29, 0.717) is 12.0 Å². The Hall–Kier alpha value is -2.04. The Morgan fingerprint density at radius 1 is 0.966 bits per heavy atom. The Morgan fingerprint density at radius 2 is 1.72 bits per heavy atom. The molecule has 2 rings (SSSR count). The fourth-order valence-corrected chi connectivity index (χ4v) is 4.13. The second-order valence-corrected chi connectivity index (χ2v) is 8.36. The van der Waals surface area contributed by atoms with E-state index in [1.165, 1.54) is 60.8 Å². The van der Waals surface area contributed by atoms with Crippen LogP contribution in [-0.4, -0.2) is 6.54 Å². The minimum atomic E-state index is 0.412. The zero-order valence-electron chi connectivity index (χ0n) is 18.9. The predicted molar refractivity (Wildman–Crippen MR) is 127 cm³/mol. The highest BCUT2D eigenvalue weighted by Crippen LogP contribution is 2.28. The summed E-state index contributed by atoms with van der Waals surface area (Å²) in [5.74, 6) is 3.32. The van der Waals surface area contributed by atoms with Crippen molar-refractivity contribution in [2.45, 2.75) is 84.6 Å². The standard InChI is InChI=1S/C28H39N/c1-6-9-10-20-29-23(5)28-21-25(13-12-22(28)4)16-19-26(11-7-2)27-17-14-24(8-3)15-18-27/h3,12-15,17-18,21,23,26,29H,6-7,9-11,16,19-20H2,1-2,4-5H3. The van der Waals surface area contributed by atoms with Crippen molar-refractivity contribution in [3.05, 3.63) is 70.3 Å². The lowest BCUT2D eigenvalue weighted by Crippen LogP contribution is -2.20. The van der Waals surface area contributed by atoms with Gasteiger partial charge >= 0.3 is 0 Å². The van der Waals surface area contributed by atoms with Gasteiger partial charge in [-0.05, 0) is 86.4 Å². The molecule has 0 aromatic heterocycles. The van der Waals surface area contributed by atoms with E-state index in [1.54, 1.807) is 0 Å². The van der Waals surface area contributed by atoms with Gasteiger partial charge in [-0.15, -0.1) is 6.42 Å². The quantitative estimate of drug-likeness (QED) is 0.296. The summed E-state index contributed by atoms with van der Waals surface area (Å²) < 4.78 is 0. The molecule has 0 spiro atoms. The number of hydrogen-bond donors (Lipinski definition) is 1. The average Bonchev–Trinajstić information content (AvgIpc) is 2.75. The maximum atomic E-state index is 5.51. The molecule has 156 valence electrons. The molecule has 1 N–H and O–H groups in total. The van der Waals surface area contributed by atoms with Crippen molar-refractivity contribution in [2.75, 3.05) is 6.54 Å². The van der Waals surface area contributed by atoms with Crippen LogP contribution in [0.3, 0.4) is 0 Å². The van der Waals surface area contributed by atoms with Crippen LogP contribution in [0.4, 0.5) is 0 Å². The topological polar surface area (TPSA) is 12.0 Å². The number of aryl methyl sites for hydroxylation is 2. The number of nitrogens with one attached hydrogen (secondary N) is 1. The number of hydrogen-bond acceptors (Lipinski definition) is 1. The van der Waals surface area contributed by atoms with Crippen molar-refractivity contribution in [3.63, 3.8) is 0 Å². The molecule has 2 unspecified atom stereocenters. The van der Waals surface area contributed by atoms with Crippen molar-refractivity contribution in [2.24, 2.45) is 0 Å². The molecule has 0 fully saturated rings. The van der Waals surface area contributed by atoms with E-state index in [2.05, 4.69) is 81.4 Å². The first kappa shape index (κ1) is 23.2. The molecule has 0 amide bonds. The molecule has 1 nitrogen and oxygen atoms in total. The number of unbranched alkanes of at least 4 members (excludes halogenated alkanes) is 2. The third-order valence-electron chi connectivity index (χ3n) is 6.01. The van der Waals surface area contributed by atoms with Crippen molar-refractivity contribution in [3.8, 4) is 12.3 Å². The molecule has 29 heavy (non-hydrogen) atoms. The minimum Gasteiger partial charge on any atom is -0.310 e. The molecule has 0 saturated carbocycles. The van der Waals surface area contributed by atoms with E-state index in [-0.39, 0.29) is 0 Å². The van der Waals surface area contributed by atoms with Gasteiger partial charge in [-0.1, -0.05) is 69.4 Å². The van der Waals surface area contributed by atoms with Gasteiger partial charge in [-0.25, -0.2) is 0 Å². The highest BCUT2D eigenvalue weighted by atomic mass is 14.9. The lowest BCUT2D eigenvalue weighted by atomic mass is 9.87. The van der Waals surface area contributed by atoms with Crippen molar-refractivity contribution < 1.29 is 0 Å². The first-order valence-corrected chi connectivity index (χ1v) is 11.5. The molecule has 0 radical (unpaired) electrons. The van der Waals surface area contributed by atoms with Crippen LogP contribution in [0.5, 0.6) is 0 Å². The largest absolute Gasteiger partial charge is 0.310 e. The summed E-state index contributed by atoms with van der Waals surface area (Å²) >= 11 is 0. The predicted octanol–water partition coefficient (Wildman–Crippen LogP) is 7.33. The van der Waals surface area contributed by atoms with E-state index < -0.39 is 0 Å². The maximum Gasteiger partial charge on any atom is 0.0294 e. The van der Waals surface area contributed by atoms with Crippen LogP contribution < -0.4 is 5.32 Å². The molecule has 0 saturated heterocycles. The first-order valence-electron chi connectivity index (χ1n) is 11.5. The molecule has 2 atom stereocenters. The molecular formula is C28H39N. The third-order valence-corrected chi connectivity index (χ3v) is 6.01. The summed E-state index contributed by atoms with van der Waals surface area (Å²) in [6.45, 7) is 10.2. The van der Waals surface area contributed by atoms with Crippen molar-refractivity contribution >= 4 is 0 Å². The van der Waals surface area contributed by atoms with Crippen LogP contribution in [0.25, 0.3) is 0 Å². The van der Waals surface area contributed by atoms with Gasteiger partial charge < -0.3 is 5.32 Å². The fourth-order valence-electron chi connectivity index (χ4n) is 4.13. The average molecular weight is 390 g/mol. The van der Waals surface area contributed by atoms with Gasteiger partial charge in [0.1, 0.15) is 0 Å². The van der Waals surface area contributed by atoms with Crippen LogP contribution in [0.15, 0.2) is 42.5 Å². The summed E-state index contributed by atoms with van der Waals surface area (Å²) in [5, 5.41) is 3.71. The first-order chi connectivity index (χ1) is 14.1. The van der Waals surface area contributed by atoms with E-state index in [9.17, 15) is 0 Å². The van der Waals surface area contributed by atoms with Gasteiger partial charge in [0, 0.05) is 11.6 Å². The number of rotatable bonds is 12. The van der Waals surface area contributed by atoms with Crippen LogP contribution in [0.2, 0.25) is 0 Å². The highest BCUT2D eigenvalue weighted by molar-refractivity contribution is 5.36. The maximum absolute atomic E-state index is 5.51. The summed E-state index contributed by atoms with van der Waals surface area (Å²) in [6.07, 6.45) is 14.1. The van der Waals surface area contributed by atoms with Crippen LogP contribution in [0, 0.1) is 19.3 Å². The Morgan fingerprint density at radius 3 is 2.38 bits per heavy atom. The van der Waals surface area contributed by atoms with Gasteiger partial charge in [0.25, 0.3) is 0 Å². The molecule has 0 heterocycles. The smallest absolute Gasteiger partial charge is 0.0294 e. The van der Waals surface area contributed by atoms with Gasteiger partial charge in [-0.2, -0.15) is 0 Å².